The number of anilines is 1. The summed E-state index contributed by atoms with van der Waals surface area (Å²) in [7, 11) is -3.50. The highest BCUT2D eigenvalue weighted by Gasteiger charge is 2.16. The maximum atomic E-state index is 11.9. The van der Waals surface area contributed by atoms with E-state index in [2.05, 4.69) is 14.9 Å². The van der Waals surface area contributed by atoms with Crippen molar-refractivity contribution in [2.24, 2.45) is 0 Å². The van der Waals surface area contributed by atoms with Gasteiger partial charge in [0.05, 0.1) is 0 Å². The van der Waals surface area contributed by atoms with E-state index in [0.717, 1.165) is 5.69 Å². The normalized spacial score (nSPS) is 11.9. The van der Waals surface area contributed by atoms with Crippen molar-refractivity contribution in [3.8, 4) is 0 Å². The number of hydrogen-bond donors (Lipinski definition) is 2. The first-order valence-electron chi connectivity index (χ1n) is 5.10. The number of thiophene rings is 1. The van der Waals surface area contributed by atoms with Gasteiger partial charge in [-0.25, -0.2) is 8.42 Å². The first kappa shape index (κ1) is 12.1. The lowest BCUT2D eigenvalue weighted by atomic mass is 10.1. The van der Waals surface area contributed by atoms with Crippen molar-refractivity contribution in [3.63, 3.8) is 0 Å². The predicted octanol–water partition coefficient (Wildman–Crippen LogP) is 2.40. The van der Waals surface area contributed by atoms with Crippen LogP contribution in [-0.4, -0.2) is 18.6 Å². The van der Waals surface area contributed by atoms with Crippen molar-refractivity contribution >= 4 is 27.2 Å². The van der Waals surface area contributed by atoms with Crippen molar-refractivity contribution in [2.45, 2.75) is 24.0 Å². The molecule has 0 radical (unpaired) electrons. The lowest BCUT2D eigenvalue weighted by Gasteiger charge is -2.01. The third-order valence-corrected chi connectivity index (χ3v) is 4.97. The first-order valence-corrected chi connectivity index (χ1v) is 7.47. The molecule has 0 fully saturated rings. The Morgan fingerprint density at radius 2 is 2.24 bits per heavy atom. The van der Waals surface area contributed by atoms with Crippen LogP contribution in [0.1, 0.15) is 25.5 Å². The molecule has 0 aliphatic carbocycles. The monoisotopic (exact) mass is 271 g/mol. The third kappa shape index (κ3) is 2.67. The highest BCUT2D eigenvalue weighted by Crippen LogP contribution is 2.21. The van der Waals surface area contributed by atoms with Crippen molar-refractivity contribution in [1.82, 2.24) is 10.2 Å². The second kappa shape index (κ2) is 4.50. The van der Waals surface area contributed by atoms with Gasteiger partial charge < -0.3 is 0 Å². The molecule has 0 saturated heterocycles. The molecule has 17 heavy (non-hydrogen) atoms. The molecule has 0 unspecified atom stereocenters. The van der Waals surface area contributed by atoms with E-state index in [1.807, 2.05) is 13.8 Å². The molecule has 0 aromatic carbocycles. The highest BCUT2D eigenvalue weighted by molar-refractivity contribution is 7.94. The summed E-state index contributed by atoms with van der Waals surface area (Å²) in [4.78, 5) is 0. The van der Waals surface area contributed by atoms with Crippen LogP contribution in [0.15, 0.2) is 27.8 Å². The van der Waals surface area contributed by atoms with Gasteiger partial charge in [-0.1, -0.05) is 19.9 Å². The number of nitrogens with one attached hydrogen (secondary N) is 2. The summed E-state index contributed by atoms with van der Waals surface area (Å²) in [6.45, 7) is 4.01. The number of rotatable bonds is 4. The fourth-order valence-electron chi connectivity index (χ4n) is 1.29. The second-order valence-electron chi connectivity index (χ2n) is 3.90. The van der Waals surface area contributed by atoms with E-state index in [0.29, 0.717) is 5.82 Å². The zero-order valence-corrected chi connectivity index (χ0v) is 11.1. The van der Waals surface area contributed by atoms with Crippen molar-refractivity contribution in [2.75, 3.05) is 4.72 Å². The summed E-state index contributed by atoms with van der Waals surface area (Å²) in [5.41, 5.74) is 0.897. The minimum absolute atomic E-state index is 0.280. The molecule has 7 heteroatoms. The first-order chi connectivity index (χ1) is 7.99. The predicted molar refractivity (Wildman–Crippen MR) is 67.8 cm³/mol. The standard InChI is InChI=1S/C10H13N3O2S2/c1-7(2)8-6-9(12-11-8)13-17(14,15)10-4-3-5-16-10/h3-7H,1-2H3,(H2,11,12,13). The minimum Gasteiger partial charge on any atom is -0.280 e. The van der Waals surface area contributed by atoms with Gasteiger partial charge >= 0.3 is 0 Å². The summed E-state index contributed by atoms with van der Waals surface area (Å²) in [6.07, 6.45) is 0. The highest BCUT2D eigenvalue weighted by atomic mass is 32.2. The maximum Gasteiger partial charge on any atom is 0.272 e. The van der Waals surface area contributed by atoms with E-state index in [1.165, 1.54) is 11.3 Å². The van der Waals surface area contributed by atoms with E-state index in [4.69, 9.17) is 0 Å². The molecule has 0 saturated carbocycles. The molecule has 0 aliphatic heterocycles. The Bertz CT molecular complexity index is 585. The Labute approximate surface area is 104 Å². The topological polar surface area (TPSA) is 74.8 Å². The second-order valence-corrected chi connectivity index (χ2v) is 6.76. The van der Waals surface area contributed by atoms with Crippen LogP contribution in [0.5, 0.6) is 0 Å². The van der Waals surface area contributed by atoms with Crippen LogP contribution in [0.25, 0.3) is 0 Å². The van der Waals surface area contributed by atoms with Gasteiger partial charge in [0.2, 0.25) is 0 Å². The van der Waals surface area contributed by atoms with Gasteiger partial charge in [-0.05, 0) is 17.4 Å². The van der Waals surface area contributed by atoms with E-state index in [-0.39, 0.29) is 10.1 Å². The van der Waals surface area contributed by atoms with Crippen LogP contribution in [0, 0.1) is 0 Å². The van der Waals surface area contributed by atoms with Gasteiger partial charge in [0.15, 0.2) is 5.82 Å². The Balaban J connectivity index is 2.21. The summed E-state index contributed by atoms with van der Waals surface area (Å²) >= 11 is 1.17. The number of nitrogens with zero attached hydrogens (tertiary/aromatic N) is 1. The van der Waals surface area contributed by atoms with Gasteiger partial charge in [-0.3, -0.25) is 9.82 Å². The molecule has 0 amide bonds. The largest absolute Gasteiger partial charge is 0.280 e. The van der Waals surface area contributed by atoms with Crippen molar-refractivity contribution in [1.29, 1.82) is 0 Å². The van der Waals surface area contributed by atoms with E-state index in [9.17, 15) is 8.42 Å². The maximum absolute atomic E-state index is 11.9. The quantitative estimate of drug-likeness (QED) is 0.896. The van der Waals surface area contributed by atoms with Gasteiger partial charge in [-0.15, -0.1) is 11.3 Å². The fraction of sp³-hybridized carbons (Fsp3) is 0.300. The average molecular weight is 271 g/mol. The molecule has 2 heterocycles. The number of aromatic nitrogens is 2. The Morgan fingerprint density at radius 3 is 2.76 bits per heavy atom. The molecule has 2 aromatic rings. The van der Waals surface area contributed by atoms with Crippen LogP contribution < -0.4 is 4.72 Å². The molecular weight excluding hydrogens is 258 g/mol. The summed E-state index contributed by atoms with van der Waals surface area (Å²) in [6, 6.07) is 4.96. The number of aromatic amines is 1. The summed E-state index contributed by atoms with van der Waals surface area (Å²) < 4.78 is 26.5. The zero-order chi connectivity index (χ0) is 12.5. The molecule has 0 atom stereocenters. The molecule has 0 spiro atoms. The third-order valence-electron chi connectivity index (χ3n) is 2.22. The summed E-state index contributed by atoms with van der Waals surface area (Å²) in [5, 5.41) is 8.44. The van der Waals surface area contributed by atoms with Crippen LogP contribution in [0.4, 0.5) is 5.82 Å². The van der Waals surface area contributed by atoms with Crippen LogP contribution in [0.3, 0.4) is 0 Å². The van der Waals surface area contributed by atoms with Crippen LogP contribution in [0.2, 0.25) is 0 Å². The number of sulfonamides is 1. The number of H-pyrrole nitrogens is 1. The van der Waals surface area contributed by atoms with Gasteiger partial charge in [-0.2, -0.15) is 5.10 Å². The van der Waals surface area contributed by atoms with Crippen LogP contribution >= 0.6 is 11.3 Å². The SMILES string of the molecule is CC(C)c1cc(NS(=O)(=O)c2cccs2)n[nH]1. The molecule has 92 valence electrons. The molecular formula is C10H13N3O2S2. The average Bonchev–Trinajstić information content (AvgIpc) is 2.85. The Kier molecular flexibility index (Phi) is 3.21. The van der Waals surface area contributed by atoms with Crippen LogP contribution in [-0.2, 0) is 10.0 Å². The lowest BCUT2D eigenvalue weighted by Crippen LogP contribution is -2.11. The van der Waals surface area contributed by atoms with E-state index in [1.54, 1.807) is 23.6 Å². The molecule has 0 bridgehead atoms. The Hall–Kier alpha value is -1.34. The molecule has 5 nitrogen and oxygen atoms in total. The van der Waals surface area contributed by atoms with Gasteiger partial charge in [0.1, 0.15) is 4.21 Å². The van der Waals surface area contributed by atoms with Crippen molar-refractivity contribution < 1.29 is 8.42 Å². The Morgan fingerprint density at radius 1 is 1.47 bits per heavy atom. The molecule has 2 N–H and O–H groups in total. The van der Waals surface area contributed by atoms with E-state index >= 15 is 0 Å². The summed E-state index contributed by atoms with van der Waals surface area (Å²) in [5.74, 6) is 0.601. The zero-order valence-electron chi connectivity index (χ0n) is 9.47. The minimum atomic E-state index is -3.50. The molecule has 2 aromatic heterocycles. The number of hydrogen-bond acceptors (Lipinski definition) is 4. The van der Waals surface area contributed by atoms with Crippen molar-refractivity contribution in [3.05, 3.63) is 29.3 Å². The fourth-order valence-corrected chi connectivity index (χ4v) is 3.27. The van der Waals surface area contributed by atoms with E-state index < -0.39 is 10.0 Å². The smallest absolute Gasteiger partial charge is 0.272 e. The lowest BCUT2D eigenvalue weighted by molar-refractivity contribution is 0.603. The molecule has 0 aliphatic rings. The van der Waals surface area contributed by atoms with Gasteiger partial charge in [0, 0.05) is 11.8 Å². The molecule has 2 rings (SSSR count). The van der Waals surface area contributed by atoms with Gasteiger partial charge in [0.25, 0.3) is 10.0 Å².